The lowest BCUT2D eigenvalue weighted by atomic mass is 10.3. The monoisotopic (exact) mass is 292 g/mol. The molecule has 6 heteroatoms. The van der Waals surface area contributed by atoms with Crippen molar-refractivity contribution in [1.29, 1.82) is 0 Å². The second-order valence-electron chi connectivity index (χ2n) is 4.75. The van der Waals surface area contributed by atoms with Crippen molar-refractivity contribution in [3.8, 4) is 0 Å². The molecular weight excluding hydrogens is 279 g/mol. The molecule has 0 aliphatic heterocycles. The molecule has 1 aromatic carbocycles. The Morgan fingerprint density at radius 2 is 2.00 bits per heavy atom. The molecule has 1 saturated carbocycles. The zero-order valence-corrected chi connectivity index (χ0v) is 11.7. The van der Waals surface area contributed by atoms with Gasteiger partial charge in [0.2, 0.25) is 0 Å². The molecule has 4 nitrogen and oxygen atoms in total. The van der Waals surface area contributed by atoms with Gasteiger partial charge >= 0.3 is 0 Å². The second-order valence-corrected chi connectivity index (χ2v) is 5.15. The van der Waals surface area contributed by atoms with Crippen molar-refractivity contribution in [2.24, 2.45) is 0 Å². The number of anilines is 3. The molecule has 1 aromatic heterocycles. The fraction of sp³-hybridized carbons (Fsp3) is 0.286. The molecule has 2 N–H and O–H groups in total. The maximum Gasteiger partial charge on any atom is 0.165 e. The Kier molecular flexibility index (Phi) is 3.44. The summed E-state index contributed by atoms with van der Waals surface area (Å²) in [5, 5.41) is 6.04. The van der Waals surface area contributed by atoms with Crippen LogP contribution in [-0.2, 0) is 0 Å². The van der Waals surface area contributed by atoms with E-state index in [4.69, 9.17) is 11.6 Å². The van der Waals surface area contributed by atoms with Crippen LogP contribution in [0.25, 0.3) is 0 Å². The lowest BCUT2D eigenvalue weighted by Gasteiger charge is -2.10. The molecule has 1 aliphatic rings. The average Bonchev–Trinajstić information content (AvgIpc) is 3.28. The van der Waals surface area contributed by atoms with E-state index >= 15 is 0 Å². The molecule has 0 unspecified atom stereocenters. The third-order valence-electron chi connectivity index (χ3n) is 3.16. The number of rotatable bonds is 4. The van der Waals surface area contributed by atoms with Crippen LogP contribution in [0.2, 0.25) is 5.02 Å². The Morgan fingerprint density at radius 1 is 1.25 bits per heavy atom. The maximum atomic E-state index is 13.9. The minimum Gasteiger partial charge on any atom is -0.373 e. The van der Waals surface area contributed by atoms with Crippen LogP contribution in [-0.4, -0.2) is 17.0 Å². The van der Waals surface area contributed by atoms with E-state index in [1.165, 1.54) is 6.07 Å². The maximum absolute atomic E-state index is 13.9. The summed E-state index contributed by atoms with van der Waals surface area (Å²) in [5.74, 6) is 2.01. The van der Waals surface area contributed by atoms with Crippen molar-refractivity contribution in [2.45, 2.75) is 18.8 Å². The van der Waals surface area contributed by atoms with Gasteiger partial charge in [-0.1, -0.05) is 17.7 Å². The van der Waals surface area contributed by atoms with Crippen LogP contribution in [0.4, 0.5) is 21.7 Å². The van der Waals surface area contributed by atoms with E-state index in [0.717, 1.165) is 18.7 Å². The summed E-state index contributed by atoms with van der Waals surface area (Å²) in [7, 11) is 1.79. The van der Waals surface area contributed by atoms with Gasteiger partial charge in [0.15, 0.2) is 5.82 Å². The first-order chi connectivity index (χ1) is 9.67. The normalized spacial score (nSPS) is 14.2. The van der Waals surface area contributed by atoms with Crippen LogP contribution in [0.1, 0.15) is 24.6 Å². The van der Waals surface area contributed by atoms with E-state index in [-0.39, 0.29) is 5.02 Å². The summed E-state index contributed by atoms with van der Waals surface area (Å²) in [5.41, 5.74) is 0.306. The molecule has 1 heterocycles. The van der Waals surface area contributed by atoms with Crippen molar-refractivity contribution in [1.82, 2.24) is 9.97 Å². The van der Waals surface area contributed by atoms with E-state index < -0.39 is 5.82 Å². The van der Waals surface area contributed by atoms with E-state index in [1.54, 1.807) is 25.2 Å². The van der Waals surface area contributed by atoms with Crippen LogP contribution in [0.15, 0.2) is 24.3 Å². The lowest BCUT2D eigenvalue weighted by molar-refractivity contribution is 0.632. The van der Waals surface area contributed by atoms with Crippen LogP contribution in [0, 0.1) is 5.82 Å². The van der Waals surface area contributed by atoms with E-state index in [9.17, 15) is 4.39 Å². The summed E-state index contributed by atoms with van der Waals surface area (Å²) < 4.78 is 13.9. The van der Waals surface area contributed by atoms with Crippen LogP contribution in [0.5, 0.6) is 0 Å². The molecule has 0 atom stereocenters. The fourth-order valence-electron chi connectivity index (χ4n) is 1.92. The van der Waals surface area contributed by atoms with Crippen LogP contribution < -0.4 is 10.6 Å². The highest BCUT2D eigenvalue weighted by Crippen LogP contribution is 2.39. The summed E-state index contributed by atoms with van der Waals surface area (Å²) in [4.78, 5) is 8.85. The summed E-state index contributed by atoms with van der Waals surface area (Å²) >= 11 is 5.77. The minimum absolute atomic E-state index is 0.0836. The number of halogens is 2. The van der Waals surface area contributed by atoms with Gasteiger partial charge in [-0.3, -0.25) is 0 Å². The molecule has 0 saturated heterocycles. The van der Waals surface area contributed by atoms with Gasteiger partial charge in [0, 0.05) is 19.0 Å². The highest BCUT2D eigenvalue weighted by molar-refractivity contribution is 6.31. The highest BCUT2D eigenvalue weighted by atomic mass is 35.5. The molecule has 1 aliphatic carbocycles. The van der Waals surface area contributed by atoms with E-state index in [0.29, 0.717) is 23.2 Å². The first-order valence-electron chi connectivity index (χ1n) is 6.45. The van der Waals surface area contributed by atoms with Crippen LogP contribution in [0.3, 0.4) is 0 Å². The van der Waals surface area contributed by atoms with Gasteiger partial charge in [0.25, 0.3) is 0 Å². The van der Waals surface area contributed by atoms with Crippen molar-refractivity contribution < 1.29 is 4.39 Å². The van der Waals surface area contributed by atoms with Crippen molar-refractivity contribution in [3.05, 3.63) is 40.9 Å². The van der Waals surface area contributed by atoms with Gasteiger partial charge in [-0.25, -0.2) is 14.4 Å². The molecule has 20 heavy (non-hydrogen) atoms. The zero-order valence-electron chi connectivity index (χ0n) is 11.0. The Labute approximate surface area is 121 Å². The average molecular weight is 293 g/mol. The SMILES string of the molecule is CNc1cc(Nc2cccc(Cl)c2F)nc(C2CC2)n1. The van der Waals surface area contributed by atoms with Crippen molar-refractivity contribution in [3.63, 3.8) is 0 Å². The molecule has 3 rings (SSSR count). The summed E-state index contributed by atoms with van der Waals surface area (Å²) in [6.07, 6.45) is 2.22. The topological polar surface area (TPSA) is 49.8 Å². The molecule has 0 bridgehead atoms. The molecule has 2 aromatic rings. The molecule has 0 spiro atoms. The molecular formula is C14H14ClFN4. The van der Waals surface area contributed by atoms with Gasteiger partial charge in [-0.05, 0) is 25.0 Å². The van der Waals surface area contributed by atoms with E-state index in [1.807, 2.05) is 0 Å². The van der Waals surface area contributed by atoms with Crippen LogP contribution >= 0.6 is 11.6 Å². The summed E-state index contributed by atoms with van der Waals surface area (Å²) in [6, 6.07) is 6.57. The number of nitrogens with zero attached hydrogens (tertiary/aromatic N) is 2. The zero-order chi connectivity index (χ0) is 14.1. The molecule has 0 amide bonds. The quantitative estimate of drug-likeness (QED) is 0.896. The Morgan fingerprint density at radius 3 is 2.70 bits per heavy atom. The van der Waals surface area contributed by atoms with Gasteiger partial charge in [0.05, 0.1) is 10.7 Å². The Balaban J connectivity index is 1.93. The van der Waals surface area contributed by atoms with Crippen molar-refractivity contribution >= 4 is 28.9 Å². The number of aromatic nitrogens is 2. The van der Waals surface area contributed by atoms with Crippen molar-refractivity contribution in [2.75, 3.05) is 17.7 Å². The highest BCUT2D eigenvalue weighted by Gasteiger charge is 2.27. The number of hydrogen-bond acceptors (Lipinski definition) is 4. The molecule has 0 radical (unpaired) electrons. The third-order valence-corrected chi connectivity index (χ3v) is 3.45. The second kappa shape index (κ2) is 5.25. The minimum atomic E-state index is -0.480. The largest absolute Gasteiger partial charge is 0.373 e. The van der Waals surface area contributed by atoms with Gasteiger partial charge < -0.3 is 10.6 Å². The van der Waals surface area contributed by atoms with Gasteiger partial charge in [-0.2, -0.15) is 0 Å². The number of hydrogen-bond donors (Lipinski definition) is 2. The van der Waals surface area contributed by atoms with Gasteiger partial charge in [0.1, 0.15) is 17.5 Å². The smallest absolute Gasteiger partial charge is 0.165 e. The lowest BCUT2D eigenvalue weighted by Crippen LogP contribution is -2.04. The third kappa shape index (κ3) is 2.67. The van der Waals surface area contributed by atoms with Gasteiger partial charge in [-0.15, -0.1) is 0 Å². The van der Waals surface area contributed by atoms with E-state index in [2.05, 4.69) is 20.6 Å². The molecule has 104 valence electrons. The first-order valence-corrected chi connectivity index (χ1v) is 6.83. The first kappa shape index (κ1) is 13.1. The Hall–Kier alpha value is -1.88. The molecule has 1 fully saturated rings. The predicted molar refractivity (Wildman–Crippen MR) is 78.2 cm³/mol. The number of nitrogens with one attached hydrogen (secondary N) is 2. The Bertz CT molecular complexity index is 643. The predicted octanol–water partition coefficient (Wildman–Crippen LogP) is 3.93. The summed E-state index contributed by atoms with van der Waals surface area (Å²) in [6.45, 7) is 0. The number of benzene rings is 1. The standard InChI is InChI=1S/C14H14ClFN4/c1-17-11-7-12(20-14(19-11)8-5-6-8)18-10-4-2-3-9(15)13(10)16/h2-4,7-8H,5-6H2,1H3,(H2,17,18,19,20). The fourth-order valence-corrected chi connectivity index (χ4v) is 2.09.